The second-order valence-electron chi connectivity index (χ2n) is 3.28. The molecule has 0 spiro atoms. The highest BCUT2D eigenvalue weighted by Crippen LogP contribution is 2.25. The number of rotatable bonds is 7. The first-order valence-corrected chi connectivity index (χ1v) is 8.23. The molecular formula is C10H11BrClFO4S. The van der Waals surface area contributed by atoms with Crippen LogP contribution in [-0.4, -0.2) is 34.0 Å². The SMILES string of the molecule is O=S(=O)(Cl)CCOCCOc1cc(F)ccc1Br. The number of ether oxygens (including phenoxy) is 2. The number of hydrogen-bond acceptors (Lipinski definition) is 4. The van der Waals surface area contributed by atoms with Crippen LogP contribution in [0, 0.1) is 5.82 Å². The Morgan fingerprint density at radius 1 is 1.28 bits per heavy atom. The highest BCUT2D eigenvalue weighted by molar-refractivity contribution is 9.10. The van der Waals surface area contributed by atoms with E-state index in [1.807, 2.05) is 0 Å². The van der Waals surface area contributed by atoms with Gasteiger partial charge in [-0.1, -0.05) is 0 Å². The van der Waals surface area contributed by atoms with E-state index in [2.05, 4.69) is 15.9 Å². The molecule has 0 saturated heterocycles. The first-order valence-electron chi connectivity index (χ1n) is 4.96. The van der Waals surface area contributed by atoms with Gasteiger partial charge >= 0.3 is 0 Å². The van der Waals surface area contributed by atoms with Crippen molar-refractivity contribution in [1.82, 2.24) is 0 Å². The van der Waals surface area contributed by atoms with Gasteiger partial charge in [0.25, 0.3) is 0 Å². The fourth-order valence-electron chi connectivity index (χ4n) is 1.06. The number of benzene rings is 1. The lowest BCUT2D eigenvalue weighted by molar-refractivity contribution is 0.111. The van der Waals surface area contributed by atoms with Crippen LogP contribution in [0.1, 0.15) is 0 Å². The van der Waals surface area contributed by atoms with Crippen LogP contribution in [-0.2, 0) is 13.8 Å². The molecule has 0 aliphatic heterocycles. The summed E-state index contributed by atoms with van der Waals surface area (Å²) in [5, 5.41) is 0. The third-order valence-electron chi connectivity index (χ3n) is 1.85. The van der Waals surface area contributed by atoms with Gasteiger partial charge in [-0.15, -0.1) is 0 Å². The number of hydrogen-bond donors (Lipinski definition) is 0. The second-order valence-corrected chi connectivity index (χ2v) is 7.03. The van der Waals surface area contributed by atoms with Crippen molar-refractivity contribution >= 4 is 35.7 Å². The first kappa shape index (κ1) is 15.7. The Morgan fingerprint density at radius 3 is 2.67 bits per heavy atom. The van der Waals surface area contributed by atoms with E-state index in [9.17, 15) is 12.8 Å². The summed E-state index contributed by atoms with van der Waals surface area (Å²) in [5.41, 5.74) is 0. The van der Waals surface area contributed by atoms with Crippen LogP contribution in [0.5, 0.6) is 5.75 Å². The highest BCUT2D eigenvalue weighted by atomic mass is 79.9. The van der Waals surface area contributed by atoms with Gasteiger partial charge in [0.05, 0.1) is 23.4 Å². The van der Waals surface area contributed by atoms with Crippen molar-refractivity contribution in [3.8, 4) is 5.75 Å². The lowest BCUT2D eigenvalue weighted by Crippen LogP contribution is -2.12. The molecule has 0 atom stereocenters. The van der Waals surface area contributed by atoms with Crippen LogP contribution in [0.4, 0.5) is 4.39 Å². The molecule has 0 radical (unpaired) electrons. The van der Waals surface area contributed by atoms with Crippen LogP contribution in [0.15, 0.2) is 22.7 Å². The van der Waals surface area contributed by atoms with Gasteiger partial charge in [0.1, 0.15) is 18.2 Å². The molecule has 18 heavy (non-hydrogen) atoms. The van der Waals surface area contributed by atoms with Gasteiger partial charge in [-0.2, -0.15) is 0 Å². The summed E-state index contributed by atoms with van der Waals surface area (Å²) < 4.78 is 44.9. The molecule has 8 heteroatoms. The molecule has 0 N–H and O–H groups in total. The van der Waals surface area contributed by atoms with Gasteiger partial charge in [0, 0.05) is 16.7 Å². The van der Waals surface area contributed by atoms with Crippen LogP contribution < -0.4 is 4.74 Å². The maximum absolute atomic E-state index is 12.9. The molecule has 0 amide bonds. The van der Waals surface area contributed by atoms with Gasteiger partial charge in [-0.3, -0.25) is 0 Å². The van der Waals surface area contributed by atoms with E-state index in [0.717, 1.165) is 0 Å². The van der Waals surface area contributed by atoms with Crippen LogP contribution in [0.3, 0.4) is 0 Å². The quantitative estimate of drug-likeness (QED) is 0.553. The van der Waals surface area contributed by atoms with Crippen LogP contribution >= 0.6 is 26.6 Å². The van der Waals surface area contributed by atoms with E-state index in [1.54, 1.807) is 0 Å². The molecule has 0 aromatic heterocycles. The van der Waals surface area contributed by atoms with Gasteiger partial charge in [-0.05, 0) is 28.1 Å². The summed E-state index contributed by atoms with van der Waals surface area (Å²) >= 11 is 3.21. The minimum atomic E-state index is -3.53. The van der Waals surface area contributed by atoms with Gasteiger partial charge < -0.3 is 9.47 Å². The van der Waals surface area contributed by atoms with E-state index in [0.29, 0.717) is 10.2 Å². The van der Waals surface area contributed by atoms with Crippen molar-refractivity contribution in [3.63, 3.8) is 0 Å². The van der Waals surface area contributed by atoms with E-state index in [-0.39, 0.29) is 25.6 Å². The molecule has 0 aliphatic carbocycles. The molecule has 0 aliphatic rings. The minimum absolute atomic E-state index is 0.000482. The third kappa shape index (κ3) is 6.53. The van der Waals surface area contributed by atoms with Crippen molar-refractivity contribution in [2.24, 2.45) is 0 Å². The van der Waals surface area contributed by atoms with Crippen LogP contribution in [0.25, 0.3) is 0 Å². The van der Waals surface area contributed by atoms with Gasteiger partial charge in [0.15, 0.2) is 0 Å². The fraction of sp³-hybridized carbons (Fsp3) is 0.400. The molecule has 1 aromatic carbocycles. The predicted octanol–water partition coefficient (Wildman–Crippen LogP) is 2.55. The maximum atomic E-state index is 12.9. The zero-order valence-electron chi connectivity index (χ0n) is 9.24. The van der Waals surface area contributed by atoms with Gasteiger partial charge in [-0.25, -0.2) is 12.8 Å². The number of halogens is 3. The summed E-state index contributed by atoms with van der Waals surface area (Å²) in [5.74, 6) is -0.288. The molecule has 1 rings (SSSR count). The van der Waals surface area contributed by atoms with Crippen molar-refractivity contribution in [2.75, 3.05) is 25.6 Å². The maximum Gasteiger partial charge on any atom is 0.234 e. The van der Waals surface area contributed by atoms with Crippen molar-refractivity contribution in [3.05, 3.63) is 28.5 Å². The second kappa shape index (κ2) is 7.28. The topological polar surface area (TPSA) is 52.6 Å². The zero-order valence-corrected chi connectivity index (χ0v) is 12.4. The molecule has 4 nitrogen and oxygen atoms in total. The Kier molecular flexibility index (Phi) is 6.34. The highest BCUT2D eigenvalue weighted by Gasteiger charge is 2.05. The zero-order chi connectivity index (χ0) is 13.6. The minimum Gasteiger partial charge on any atom is -0.490 e. The van der Waals surface area contributed by atoms with Crippen molar-refractivity contribution in [2.45, 2.75) is 0 Å². The predicted molar refractivity (Wildman–Crippen MR) is 70.1 cm³/mol. The molecule has 0 saturated carbocycles. The molecule has 0 fully saturated rings. The first-order chi connectivity index (χ1) is 8.38. The van der Waals surface area contributed by atoms with Gasteiger partial charge in [0.2, 0.25) is 9.05 Å². The lowest BCUT2D eigenvalue weighted by atomic mass is 10.3. The Hall–Kier alpha value is -0.370. The largest absolute Gasteiger partial charge is 0.490 e. The molecule has 0 heterocycles. The van der Waals surface area contributed by atoms with E-state index < -0.39 is 14.9 Å². The Bertz CT molecular complexity index is 495. The fourth-order valence-corrected chi connectivity index (χ4v) is 1.93. The molecule has 0 unspecified atom stereocenters. The standard InChI is InChI=1S/C10H11BrClFO4S/c11-9-2-1-8(13)7-10(9)17-4-3-16-5-6-18(12,14)15/h1-2,7H,3-6H2. The van der Waals surface area contributed by atoms with E-state index >= 15 is 0 Å². The Morgan fingerprint density at radius 2 is 2.00 bits per heavy atom. The third-order valence-corrected chi connectivity index (χ3v) is 3.62. The summed E-state index contributed by atoms with van der Waals surface area (Å²) in [4.78, 5) is 0. The lowest BCUT2D eigenvalue weighted by Gasteiger charge is -2.08. The van der Waals surface area contributed by atoms with E-state index in [1.165, 1.54) is 18.2 Å². The summed E-state index contributed by atoms with van der Waals surface area (Å²) in [7, 11) is 1.47. The smallest absolute Gasteiger partial charge is 0.234 e. The Balaban J connectivity index is 2.24. The summed E-state index contributed by atoms with van der Waals surface area (Å²) in [6.07, 6.45) is 0. The van der Waals surface area contributed by atoms with Crippen molar-refractivity contribution in [1.29, 1.82) is 0 Å². The monoisotopic (exact) mass is 360 g/mol. The summed E-state index contributed by atoms with van der Waals surface area (Å²) in [6, 6.07) is 4.08. The molecule has 102 valence electrons. The van der Waals surface area contributed by atoms with Crippen LogP contribution in [0.2, 0.25) is 0 Å². The Labute approximate surface area is 118 Å². The molecule has 0 bridgehead atoms. The average molecular weight is 362 g/mol. The summed E-state index contributed by atoms with van der Waals surface area (Å²) in [6.45, 7) is 0.374. The molecule has 1 aromatic rings. The van der Waals surface area contributed by atoms with E-state index in [4.69, 9.17) is 20.2 Å². The molecular weight excluding hydrogens is 351 g/mol. The normalized spacial score (nSPS) is 11.5. The average Bonchev–Trinajstić information content (AvgIpc) is 2.26. The van der Waals surface area contributed by atoms with Crippen molar-refractivity contribution < 1.29 is 22.3 Å².